The molecule has 4 heteroatoms. The topological polar surface area (TPSA) is 64.9 Å². The van der Waals surface area contributed by atoms with Crippen LogP contribution in [0.3, 0.4) is 0 Å². The lowest BCUT2D eigenvalue weighted by atomic mass is 10.1. The molecule has 0 bridgehead atoms. The molecule has 72 valence electrons. The zero-order chi connectivity index (χ0) is 9.97. The Morgan fingerprint density at radius 1 is 1.36 bits per heavy atom. The molecule has 2 N–H and O–H groups in total. The van der Waals surface area contributed by atoms with E-state index in [0.717, 1.165) is 5.56 Å². The Labute approximate surface area is 81.7 Å². The van der Waals surface area contributed by atoms with E-state index in [-0.39, 0.29) is 0 Å². The number of nitrogens with two attached hydrogens (primary N) is 1. The predicted octanol–water partition coefficient (Wildman–Crippen LogP) is 1.55. The second kappa shape index (κ2) is 3.49. The highest BCUT2D eigenvalue weighted by Crippen LogP contribution is 2.12. The van der Waals surface area contributed by atoms with Gasteiger partial charge in [-0.2, -0.15) is 0 Å². The molecule has 0 amide bonds. The lowest BCUT2D eigenvalue weighted by Gasteiger charge is -1.98. The van der Waals surface area contributed by atoms with Gasteiger partial charge in [0, 0.05) is 6.42 Å². The lowest BCUT2D eigenvalue weighted by molar-refractivity contribution is 0.305. The van der Waals surface area contributed by atoms with Crippen molar-refractivity contribution in [2.45, 2.75) is 13.3 Å². The number of benzene rings is 1. The number of hydrogen-bond acceptors (Lipinski definition) is 4. The van der Waals surface area contributed by atoms with Gasteiger partial charge in [-0.1, -0.05) is 35.0 Å². The van der Waals surface area contributed by atoms with Crippen molar-refractivity contribution in [3.05, 3.63) is 41.1 Å². The molecule has 14 heavy (non-hydrogen) atoms. The largest absolute Gasteiger partial charge is 0.379 e. The number of nitrogens with zero attached hydrogens (tertiary/aromatic N) is 2. The Hall–Kier alpha value is -1.84. The second-order valence-electron chi connectivity index (χ2n) is 3.26. The van der Waals surface area contributed by atoms with Crippen LogP contribution in [0.15, 0.2) is 28.9 Å². The van der Waals surface area contributed by atoms with E-state index >= 15 is 0 Å². The smallest absolute Gasteiger partial charge is 0.191 e. The molecule has 1 heterocycles. The fourth-order valence-electron chi connectivity index (χ4n) is 1.35. The van der Waals surface area contributed by atoms with Crippen LogP contribution in [0.4, 0.5) is 5.82 Å². The highest BCUT2D eigenvalue weighted by Gasteiger charge is 2.06. The molecule has 2 rings (SSSR count). The van der Waals surface area contributed by atoms with Crippen LogP contribution in [0.1, 0.15) is 16.8 Å². The molecule has 0 saturated carbocycles. The van der Waals surface area contributed by atoms with E-state index in [4.69, 9.17) is 5.73 Å². The van der Waals surface area contributed by atoms with E-state index in [9.17, 15) is 0 Å². The number of rotatable bonds is 2. The summed E-state index contributed by atoms with van der Waals surface area (Å²) in [5.74, 6) is 0.367. The Morgan fingerprint density at radius 2 is 2.21 bits per heavy atom. The van der Waals surface area contributed by atoms with E-state index in [1.807, 2.05) is 25.1 Å². The summed E-state index contributed by atoms with van der Waals surface area (Å²) in [5, 5.41) is 7.26. The molecule has 0 atom stereocenters. The van der Waals surface area contributed by atoms with Gasteiger partial charge in [-0.25, -0.2) is 4.63 Å². The lowest BCUT2D eigenvalue weighted by Crippen LogP contribution is -1.94. The minimum absolute atomic E-state index is 0.367. The maximum absolute atomic E-state index is 5.56. The SMILES string of the molecule is Cc1cccc(Cc2nonc2N)c1. The quantitative estimate of drug-likeness (QED) is 0.778. The predicted molar refractivity (Wildman–Crippen MR) is 52.7 cm³/mol. The van der Waals surface area contributed by atoms with Gasteiger partial charge in [0.25, 0.3) is 0 Å². The molecular weight excluding hydrogens is 178 g/mol. The van der Waals surface area contributed by atoms with Crippen LogP contribution in [0, 0.1) is 6.92 Å². The van der Waals surface area contributed by atoms with Gasteiger partial charge >= 0.3 is 0 Å². The van der Waals surface area contributed by atoms with Crippen LogP contribution in [0.25, 0.3) is 0 Å². The summed E-state index contributed by atoms with van der Waals surface area (Å²) in [5.41, 5.74) is 8.63. The number of nitrogen functional groups attached to an aromatic ring is 1. The number of hydrogen-bond donors (Lipinski definition) is 1. The van der Waals surface area contributed by atoms with Crippen LogP contribution in [0.2, 0.25) is 0 Å². The van der Waals surface area contributed by atoms with Crippen LogP contribution >= 0.6 is 0 Å². The van der Waals surface area contributed by atoms with Gasteiger partial charge in [0.05, 0.1) is 0 Å². The third kappa shape index (κ3) is 1.74. The van der Waals surface area contributed by atoms with Gasteiger partial charge in [0.2, 0.25) is 0 Å². The van der Waals surface area contributed by atoms with E-state index in [0.29, 0.717) is 17.9 Å². The number of aryl methyl sites for hydroxylation is 1. The molecule has 4 nitrogen and oxygen atoms in total. The molecule has 0 saturated heterocycles. The third-order valence-corrected chi connectivity index (χ3v) is 2.04. The van der Waals surface area contributed by atoms with Crippen molar-refractivity contribution in [3.63, 3.8) is 0 Å². The minimum atomic E-state index is 0.367. The molecule has 0 radical (unpaired) electrons. The first-order chi connectivity index (χ1) is 6.75. The zero-order valence-corrected chi connectivity index (χ0v) is 7.90. The van der Waals surface area contributed by atoms with Gasteiger partial charge in [-0.15, -0.1) is 0 Å². The molecular formula is C10H11N3O. The fraction of sp³-hybridized carbons (Fsp3) is 0.200. The van der Waals surface area contributed by atoms with Crippen molar-refractivity contribution < 1.29 is 4.63 Å². The molecule has 1 aromatic carbocycles. The highest BCUT2D eigenvalue weighted by molar-refractivity contribution is 5.36. The van der Waals surface area contributed by atoms with Gasteiger partial charge in [-0.3, -0.25) is 0 Å². The first-order valence-corrected chi connectivity index (χ1v) is 4.38. The first-order valence-electron chi connectivity index (χ1n) is 4.38. The monoisotopic (exact) mass is 189 g/mol. The standard InChI is InChI=1S/C10H11N3O/c1-7-3-2-4-8(5-7)6-9-10(11)13-14-12-9/h2-5H,6H2,1H3,(H2,11,13). The Kier molecular flexibility index (Phi) is 2.18. The molecule has 1 aromatic heterocycles. The molecule has 0 aliphatic rings. The maximum Gasteiger partial charge on any atom is 0.191 e. The molecule has 0 spiro atoms. The maximum atomic E-state index is 5.56. The van der Waals surface area contributed by atoms with E-state index in [1.54, 1.807) is 0 Å². The summed E-state index contributed by atoms with van der Waals surface area (Å²) in [6.45, 7) is 2.05. The third-order valence-electron chi connectivity index (χ3n) is 2.04. The van der Waals surface area contributed by atoms with Crippen molar-refractivity contribution in [3.8, 4) is 0 Å². The molecule has 0 aliphatic carbocycles. The number of aromatic nitrogens is 2. The van der Waals surface area contributed by atoms with Crippen LogP contribution < -0.4 is 5.73 Å². The summed E-state index contributed by atoms with van der Waals surface area (Å²) in [6.07, 6.45) is 0.664. The van der Waals surface area contributed by atoms with Crippen LogP contribution in [0.5, 0.6) is 0 Å². The van der Waals surface area contributed by atoms with Crippen LogP contribution in [-0.2, 0) is 6.42 Å². The first kappa shape index (κ1) is 8.74. The zero-order valence-electron chi connectivity index (χ0n) is 7.90. The van der Waals surface area contributed by atoms with E-state index in [2.05, 4.69) is 21.0 Å². The fourth-order valence-corrected chi connectivity index (χ4v) is 1.35. The summed E-state index contributed by atoms with van der Waals surface area (Å²) < 4.78 is 4.52. The second-order valence-corrected chi connectivity index (χ2v) is 3.26. The van der Waals surface area contributed by atoms with Gasteiger partial charge < -0.3 is 5.73 Å². The average Bonchev–Trinajstić information content (AvgIpc) is 2.52. The van der Waals surface area contributed by atoms with Crippen LogP contribution in [-0.4, -0.2) is 10.3 Å². The van der Waals surface area contributed by atoms with E-state index < -0.39 is 0 Å². The van der Waals surface area contributed by atoms with Crippen molar-refractivity contribution in [2.24, 2.45) is 0 Å². The van der Waals surface area contributed by atoms with E-state index in [1.165, 1.54) is 5.56 Å². The van der Waals surface area contributed by atoms with Crippen molar-refractivity contribution in [1.29, 1.82) is 0 Å². The average molecular weight is 189 g/mol. The summed E-state index contributed by atoms with van der Waals surface area (Å²) >= 11 is 0. The summed E-state index contributed by atoms with van der Waals surface area (Å²) in [4.78, 5) is 0. The highest BCUT2D eigenvalue weighted by atomic mass is 16.6. The van der Waals surface area contributed by atoms with Gasteiger partial charge in [0.1, 0.15) is 5.69 Å². The minimum Gasteiger partial charge on any atom is -0.379 e. The van der Waals surface area contributed by atoms with Crippen molar-refractivity contribution >= 4 is 5.82 Å². The molecule has 0 aliphatic heterocycles. The molecule has 0 fully saturated rings. The van der Waals surface area contributed by atoms with Crippen molar-refractivity contribution in [1.82, 2.24) is 10.3 Å². The molecule has 0 unspecified atom stereocenters. The van der Waals surface area contributed by atoms with Gasteiger partial charge in [0.15, 0.2) is 5.82 Å². The Morgan fingerprint density at radius 3 is 2.86 bits per heavy atom. The normalized spacial score (nSPS) is 10.4. The summed E-state index contributed by atoms with van der Waals surface area (Å²) in [6, 6.07) is 8.18. The Balaban J connectivity index is 2.23. The molecule has 2 aromatic rings. The van der Waals surface area contributed by atoms with Crippen molar-refractivity contribution in [2.75, 3.05) is 5.73 Å². The van der Waals surface area contributed by atoms with Gasteiger partial charge in [-0.05, 0) is 17.6 Å². The summed E-state index contributed by atoms with van der Waals surface area (Å²) in [7, 11) is 0. The Bertz CT molecular complexity index is 436. The number of anilines is 1.